The number of halogens is 1. The molecule has 5 heteroatoms. The molecule has 0 bridgehead atoms. The van der Waals surface area contributed by atoms with Gasteiger partial charge < -0.3 is 5.32 Å². The van der Waals surface area contributed by atoms with Crippen LogP contribution in [0.3, 0.4) is 0 Å². The summed E-state index contributed by atoms with van der Waals surface area (Å²) < 4.78 is 1.23. The van der Waals surface area contributed by atoms with Gasteiger partial charge in [-0.25, -0.2) is 4.68 Å². The van der Waals surface area contributed by atoms with E-state index in [-0.39, 0.29) is 16.6 Å². The Morgan fingerprint density at radius 3 is 3.06 bits per heavy atom. The summed E-state index contributed by atoms with van der Waals surface area (Å²) >= 11 is 5.95. The van der Waals surface area contributed by atoms with E-state index in [1.165, 1.54) is 10.9 Å². The number of terminal acetylenes is 1. The minimum atomic E-state index is -0.358. The number of aromatic nitrogens is 2. The van der Waals surface area contributed by atoms with Gasteiger partial charge in [0.05, 0.1) is 24.5 Å². The summed E-state index contributed by atoms with van der Waals surface area (Å²) in [5, 5.41) is 7.05. The Bertz CT molecular complexity index is 501. The Morgan fingerprint density at radius 2 is 2.53 bits per heavy atom. The topological polar surface area (TPSA) is 46.9 Å². The molecule has 1 rings (SSSR count). The monoisotopic (exact) mass is 251 g/mol. The Balaban J connectivity index is 3.05. The van der Waals surface area contributed by atoms with Crippen LogP contribution >= 0.6 is 11.6 Å². The van der Waals surface area contributed by atoms with Gasteiger partial charge in [0.2, 0.25) is 0 Å². The molecule has 0 aromatic carbocycles. The van der Waals surface area contributed by atoms with Crippen molar-refractivity contribution in [3.8, 4) is 12.3 Å². The van der Waals surface area contributed by atoms with Crippen molar-refractivity contribution < 1.29 is 0 Å². The summed E-state index contributed by atoms with van der Waals surface area (Å²) in [7, 11) is 0. The zero-order valence-electron chi connectivity index (χ0n) is 9.61. The number of anilines is 1. The van der Waals surface area contributed by atoms with Crippen LogP contribution in [0.25, 0.3) is 0 Å². The molecule has 4 nitrogen and oxygen atoms in total. The molecular formula is C12H14ClN3O. The van der Waals surface area contributed by atoms with Gasteiger partial charge in [0, 0.05) is 0 Å². The highest BCUT2D eigenvalue weighted by molar-refractivity contribution is 6.32. The number of nitrogens with one attached hydrogen (secondary N) is 1. The van der Waals surface area contributed by atoms with E-state index in [0.29, 0.717) is 12.2 Å². The standard InChI is InChI=1S/C12H14ClN3O/c1-4-7-16-12(17)11(13)10(8-14-16)15-9(5-2)6-3/h2,4,8-9,15H,1,6-7H2,3H3. The zero-order chi connectivity index (χ0) is 12.8. The fraction of sp³-hybridized carbons (Fsp3) is 0.333. The van der Waals surface area contributed by atoms with Crippen molar-refractivity contribution >= 4 is 17.3 Å². The fourth-order valence-corrected chi connectivity index (χ4v) is 1.47. The SMILES string of the molecule is C#CC(CC)Nc1cnn(CC=C)c(=O)c1Cl. The molecule has 0 saturated heterocycles. The van der Waals surface area contributed by atoms with Crippen molar-refractivity contribution in [1.29, 1.82) is 0 Å². The molecule has 1 unspecified atom stereocenters. The van der Waals surface area contributed by atoms with Gasteiger partial charge in [0.25, 0.3) is 5.56 Å². The minimum Gasteiger partial charge on any atom is -0.369 e. The summed E-state index contributed by atoms with van der Waals surface area (Å²) in [5.41, 5.74) is 0.102. The normalized spacial score (nSPS) is 11.6. The Morgan fingerprint density at radius 1 is 1.82 bits per heavy atom. The first-order valence-corrected chi connectivity index (χ1v) is 5.61. The number of hydrogen-bond acceptors (Lipinski definition) is 3. The summed E-state index contributed by atoms with van der Waals surface area (Å²) in [6, 6.07) is -0.163. The van der Waals surface area contributed by atoms with Gasteiger partial charge in [-0.05, 0) is 6.42 Å². The van der Waals surface area contributed by atoms with Crippen LogP contribution in [-0.4, -0.2) is 15.8 Å². The minimum absolute atomic E-state index is 0.0931. The van der Waals surface area contributed by atoms with Crippen LogP contribution in [0.2, 0.25) is 5.02 Å². The van der Waals surface area contributed by atoms with E-state index in [0.717, 1.165) is 6.42 Å². The first kappa shape index (κ1) is 13.3. The van der Waals surface area contributed by atoms with Crippen LogP contribution in [0.1, 0.15) is 13.3 Å². The second kappa shape index (κ2) is 6.12. The van der Waals surface area contributed by atoms with E-state index >= 15 is 0 Å². The summed E-state index contributed by atoms with van der Waals surface area (Å²) in [6.45, 7) is 5.81. The number of allylic oxidation sites excluding steroid dienone is 1. The van der Waals surface area contributed by atoms with Crippen molar-refractivity contribution in [2.24, 2.45) is 0 Å². The van der Waals surface area contributed by atoms with E-state index in [4.69, 9.17) is 18.0 Å². The van der Waals surface area contributed by atoms with Crippen LogP contribution in [0.15, 0.2) is 23.6 Å². The predicted octanol–water partition coefficient (Wildman–Crippen LogP) is 1.91. The zero-order valence-corrected chi connectivity index (χ0v) is 10.4. The lowest BCUT2D eigenvalue weighted by Gasteiger charge is -2.13. The molecule has 0 aliphatic rings. The van der Waals surface area contributed by atoms with Crippen LogP contribution in [-0.2, 0) is 6.54 Å². The van der Waals surface area contributed by atoms with E-state index < -0.39 is 0 Å². The summed E-state index contributed by atoms with van der Waals surface area (Å²) in [5.74, 6) is 2.56. The molecule has 90 valence electrons. The average molecular weight is 252 g/mol. The Hall–Kier alpha value is -1.73. The van der Waals surface area contributed by atoms with Crippen LogP contribution in [0, 0.1) is 12.3 Å². The van der Waals surface area contributed by atoms with E-state index in [2.05, 4.69) is 22.9 Å². The maximum atomic E-state index is 11.8. The highest BCUT2D eigenvalue weighted by Crippen LogP contribution is 2.16. The maximum absolute atomic E-state index is 11.8. The number of nitrogens with zero attached hydrogens (tertiary/aromatic N) is 2. The molecule has 1 N–H and O–H groups in total. The molecule has 17 heavy (non-hydrogen) atoms. The average Bonchev–Trinajstić information content (AvgIpc) is 2.34. The third-order valence-corrected chi connectivity index (χ3v) is 2.59. The molecule has 0 saturated carbocycles. The number of rotatable bonds is 5. The van der Waals surface area contributed by atoms with E-state index in [1.54, 1.807) is 6.08 Å². The lowest BCUT2D eigenvalue weighted by Crippen LogP contribution is -2.25. The molecule has 1 atom stereocenters. The highest BCUT2D eigenvalue weighted by Gasteiger charge is 2.10. The third-order valence-electron chi connectivity index (χ3n) is 2.23. The molecule has 0 aliphatic carbocycles. The largest absolute Gasteiger partial charge is 0.369 e. The molecule has 0 spiro atoms. The lowest BCUT2D eigenvalue weighted by atomic mass is 10.2. The van der Waals surface area contributed by atoms with Crippen LogP contribution in [0.5, 0.6) is 0 Å². The summed E-state index contributed by atoms with van der Waals surface area (Å²) in [6.07, 6.45) is 9.13. The Kier molecular flexibility index (Phi) is 4.80. The second-order valence-electron chi connectivity index (χ2n) is 3.42. The van der Waals surface area contributed by atoms with Gasteiger partial charge in [-0.15, -0.1) is 13.0 Å². The Labute approximate surface area is 105 Å². The van der Waals surface area contributed by atoms with E-state index in [9.17, 15) is 4.79 Å². The van der Waals surface area contributed by atoms with Gasteiger partial charge in [-0.2, -0.15) is 5.10 Å². The first-order valence-electron chi connectivity index (χ1n) is 5.23. The van der Waals surface area contributed by atoms with E-state index in [1.807, 2.05) is 6.92 Å². The summed E-state index contributed by atoms with van der Waals surface area (Å²) in [4.78, 5) is 11.8. The van der Waals surface area contributed by atoms with Crippen molar-refractivity contribution in [2.75, 3.05) is 5.32 Å². The molecule has 0 amide bonds. The van der Waals surface area contributed by atoms with Gasteiger partial charge in [0.1, 0.15) is 5.02 Å². The lowest BCUT2D eigenvalue weighted by molar-refractivity contribution is 0.652. The van der Waals surface area contributed by atoms with Crippen LogP contribution in [0.4, 0.5) is 5.69 Å². The number of hydrogen-bond donors (Lipinski definition) is 1. The van der Waals surface area contributed by atoms with Crippen molar-refractivity contribution in [3.63, 3.8) is 0 Å². The first-order chi connectivity index (χ1) is 8.13. The smallest absolute Gasteiger partial charge is 0.287 e. The molecule has 1 aromatic heterocycles. The van der Waals surface area contributed by atoms with Gasteiger partial charge in [-0.1, -0.05) is 30.5 Å². The highest BCUT2D eigenvalue weighted by atomic mass is 35.5. The van der Waals surface area contributed by atoms with Crippen LogP contribution < -0.4 is 10.9 Å². The van der Waals surface area contributed by atoms with Crippen molar-refractivity contribution in [2.45, 2.75) is 25.9 Å². The fourth-order valence-electron chi connectivity index (χ4n) is 1.27. The van der Waals surface area contributed by atoms with Gasteiger partial charge in [0.15, 0.2) is 0 Å². The van der Waals surface area contributed by atoms with Gasteiger partial charge in [-0.3, -0.25) is 4.79 Å². The quantitative estimate of drug-likeness (QED) is 0.642. The third kappa shape index (κ3) is 3.11. The van der Waals surface area contributed by atoms with Crippen molar-refractivity contribution in [1.82, 2.24) is 9.78 Å². The molecular weight excluding hydrogens is 238 g/mol. The molecule has 1 heterocycles. The molecule has 0 aliphatic heterocycles. The maximum Gasteiger partial charge on any atom is 0.287 e. The molecule has 0 fully saturated rings. The molecule has 0 radical (unpaired) electrons. The predicted molar refractivity (Wildman–Crippen MR) is 70.2 cm³/mol. The van der Waals surface area contributed by atoms with Crippen molar-refractivity contribution in [3.05, 3.63) is 34.2 Å². The second-order valence-corrected chi connectivity index (χ2v) is 3.80. The molecule has 1 aromatic rings. The van der Waals surface area contributed by atoms with Gasteiger partial charge >= 0.3 is 0 Å².